The molecule has 0 saturated carbocycles. The van der Waals surface area contributed by atoms with Crippen LogP contribution in [0.2, 0.25) is 0 Å². The van der Waals surface area contributed by atoms with Crippen molar-refractivity contribution in [3.63, 3.8) is 0 Å². The lowest BCUT2D eigenvalue weighted by atomic mass is 9.92. The molecule has 3 rings (SSSR count). The van der Waals surface area contributed by atoms with Gasteiger partial charge in [0.1, 0.15) is 22.9 Å². The van der Waals surface area contributed by atoms with Gasteiger partial charge in [0.05, 0.1) is 7.11 Å². The van der Waals surface area contributed by atoms with Gasteiger partial charge in [-0.1, -0.05) is 26.0 Å². The van der Waals surface area contributed by atoms with Crippen LogP contribution in [0.25, 0.3) is 0 Å². The molecule has 4 nitrogen and oxygen atoms in total. The first-order chi connectivity index (χ1) is 11.6. The van der Waals surface area contributed by atoms with Gasteiger partial charge in [-0.25, -0.2) is 9.97 Å². The van der Waals surface area contributed by atoms with Crippen molar-refractivity contribution in [3.8, 4) is 5.75 Å². The molecule has 2 atom stereocenters. The topological polar surface area (TPSA) is 38.2 Å². The smallest absolute Gasteiger partial charge is 0.133 e. The number of thioether (sulfide) groups is 1. The third kappa shape index (κ3) is 4.41. The molecular weight excluding hydrogens is 318 g/mol. The van der Waals surface area contributed by atoms with E-state index in [4.69, 9.17) is 4.74 Å². The van der Waals surface area contributed by atoms with E-state index < -0.39 is 0 Å². The SMILES string of the molecule is COc1cccc(CSc2cc(N3CC(C)CC(C)C3)ncn2)c1. The van der Waals surface area contributed by atoms with Crippen molar-refractivity contribution in [2.24, 2.45) is 11.8 Å². The van der Waals surface area contributed by atoms with E-state index in [1.165, 1.54) is 12.0 Å². The van der Waals surface area contributed by atoms with Gasteiger partial charge in [0.2, 0.25) is 0 Å². The fraction of sp³-hybridized carbons (Fsp3) is 0.474. The molecule has 1 aliphatic heterocycles. The highest BCUT2D eigenvalue weighted by molar-refractivity contribution is 7.98. The van der Waals surface area contributed by atoms with Crippen LogP contribution in [0.4, 0.5) is 5.82 Å². The maximum atomic E-state index is 5.28. The molecule has 2 heterocycles. The van der Waals surface area contributed by atoms with Crippen molar-refractivity contribution in [1.29, 1.82) is 0 Å². The molecule has 0 radical (unpaired) electrons. The third-order valence-corrected chi connectivity index (χ3v) is 5.34. The first-order valence-corrected chi connectivity index (χ1v) is 9.45. The fourth-order valence-corrected chi connectivity index (χ4v) is 4.16. The van der Waals surface area contributed by atoms with E-state index in [9.17, 15) is 0 Å². The van der Waals surface area contributed by atoms with Gasteiger partial charge in [0.25, 0.3) is 0 Å². The minimum Gasteiger partial charge on any atom is -0.497 e. The average Bonchev–Trinajstić information content (AvgIpc) is 2.59. The molecule has 2 unspecified atom stereocenters. The lowest BCUT2D eigenvalue weighted by Crippen LogP contribution is -2.39. The van der Waals surface area contributed by atoms with Crippen LogP contribution in [-0.4, -0.2) is 30.2 Å². The molecule has 1 aromatic heterocycles. The van der Waals surface area contributed by atoms with E-state index in [1.807, 2.05) is 12.1 Å². The molecule has 1 aromatic carbocycles. The number of methoxy groups -OCH3 is 1. The van der Waals surface area contributed by atoms with Crippen molar-refractivity contribution in [2.75, 3.05) is 25.1 Å². The Morgan fingerprint density at radius 1 is 1.17 bits per heavy atom. The molecule has 0 amide bonds. The largest absolute Gasteiger partial charge is 0.497 e. The summed E-state index contributed by atoms with van der Waals surface area (Å²) in [5, 5.41) is 1.02. The van der Waals surface area contributed by atoms with Crippen LogP contribution in [0.15, 0.2) is 41.7 Å². The van der Waals surface area contributed by atoms with Gasteiger partial charge >= 0.3 is 0 Å². The van der Waals surface area contributed by atoms with Crippen LogP contribution >= 0.6 is 11.8 Å². The van der Waals surface area contributed by atoms with E-state index in [1.54, 1.807) is 25.2 Å². The third-order valence-electron chi connectivity index (χ3n) is 4.34. The number of benzene rings is 1. The average molecular weight is 343 g/mol. The Balaban J connectivity index is 1.66. The quantitative estimate of drug-likeness (QED) is 0.599. The Morgan fingerprint density at radius 2 is 1.96 bits per heavy atom. The van der Waals surface area contributed by atoms with E-state index in [-0.39, 0.29) is 0 Å². The van der Waals surface area contributed by atoms with Gasteiger partial charge in [-0.3, -0.25) is 0 Å². The number of hydrogen-bond acceptors (Lipinski definition) is 5. The maximum Gasteiger partial charge on any atom is 0.133 e. The summed E-state index contributed by atoms with van der Waals surface area (Å²) < 4.78 is 5.28. The zero-order valence-corrected chi connectivity index (χ0v) is 15.4. The summed E-state index contributed by atoms with van der Waals surface area (Å²) in [6, 6.07) is 10.3. The molecule has 2 aromatic rings. The Bertz CT molecular complexity index is 669. The summed E-state index contributed by atoms with van der Waals surface area (Å²) in [5.41, 5.74) is 1.24. The van der Waals surface area contributed by atoms with Crippen LogP contribution in [0.5, 0.6) is 5.75 Å². The van der Waals surface area contributed by atoms with Crippen molar-refractivity contribution in [3.05, 3.63) is 42.2 Å². The molecule has 1 fully saturated rings. The molecule has 24 heavy (non-hydrogen) atoms. The van der Waals surface area contributed by atoms with Crippen LogP contribution in [0.1, 0.15) is 25.8 Å². The highest BCUT2D eigenvalue weighted by Gasteiger charge is 2.22. The monoisotopic (exact) mass is 343 g/mol. The molecule has 0 aliphatic carbocycles. The number of aromatic nitrogens is 2. The van der Waals surface area contributed by atoms with Crippen LogP contribution < -0.4 is 9.64 Å². The summed E-state index contributed by atoms with van der Waals surface area (Å²) in [5.74, 6) is 4.26. The second-order valence-corrected chi connectivity index (χ2v) is 7.70. The van der Waals surface area contributed by atoms with E-state index in [0.29, 0.717) is 0 Å². The Labute approximate surface area is 148 Å². The molecule has 1 saturated heterocycles. The van der Waals surface area contributed by atoms with Crippen molar-refractivity contribution in [1.82, 2.24) is 9.97 Å². The highest BCUT2D eigenvalue weighted by atomic mass is 32.2. The first-order valence-electron chi connectivity index (χ1n) is 8.46. The van der Waals surface area contributed by atoms with E-state index in [0.717, 1.165) is 47.3 Å². The van der Waals surface area contributed by atoms with Gasteiger partial charge in [0.15, 0.2) is 0 Å². The molecule has 128 valence electrons. The highest BCUT2D eigenvalue weighted by Crippen LogP contribution is 2.28. The number of nitrogens with zero attached hydrogens (tertiary/aromatic N) is 3. The van der Waals surface area contributed by atoms with Gasteiger partial charge in [-0.15, -0.1) is 11.8 Å². The molecule has 1 aliphatic rings. The summed E-state index contributed by atoms with van der Waals surface area (Å²) >= 11 is 1.74. The molecule has 0 bridgehead atoms. The fourth-order valence-electron chi connectivity index (χ4n) is 3.35. The zero-order valence-electron chi connectivity index (χ0n) is 14.6. The number of anilines is 1. The summed E-state index contributed by atoms with van der Waals surface area (Å²) in [7, 11) is 1.70. The van der Waals surface area contributed by atoms with Crippen LogP contribution in [0, 0.1) is 11.8 Å². The minimum absolute atomic E-state index is 0.719. The first kappa shape index (κ1) is 17.1. The second-order valence-electron chi connectivity index (χ2n) is 6.71. The lowest BCUT2D eigenvalue weighted by molar-refractivity contribution is 0.355. The lowest BCUT2D eigenvalue weighted by Gasteiger charge is -2.35. The number of rotatable bonds is 5. The summed E-state index contributed by atoms with van der Waals surface area (Å²) in [6.07, 6.45) is 2.99. The summed E-state index contributed by atoms with van der Waals surface area (Å²) in [4.78, 5) is 11.3. The molecular formula is C19H25N3OS. The minimum atomic E-state index is 0.719. The van der Waals surface area contributed by atoms with Gasteiger partial charge < -0.3 is 9.64 Å². The van der Waals surface area contributed by atoms with Crippen molar-refractivity contribution >= 4 is 17.6 Å². The number of piperidine rings is 1. The van der Waals surface area contributed by atoms with E-state index in [2.05, 4.69) is 46.9 Å². The van der Waals surface area contributed by atoms with Gasteiger partial charge in [0, 0.05) is 24.9 Å². The number of ether oxygens (including phenoxy) is 1. The second kappa shape index (κ2) is 7.88. The molecule has 0 spiro atoms. The normalized spacial score (nSPS) is 20.9. The molecule has 0 N–H and O–H groups in total. The van der Waals surface area contributed by atoms with Crippen molar-refractivity contribution in [2.45, 2.75) is 31.0 Å². The van der Waals surface area contributed by atoms with Crippen LogP contribution in [0.3, 0.4) is 0 Å². The predicted octanol–water partition coefficient (Wildman–Crippen LogP) is 4.26. The van der Waals surface area contributed by atoms with Gasteiger partial charge in [-0.05, 0) is 36.0 Å². The zero-order chi connectivity index (χ0) is 16.9. The molecule has 5 heteroatoms. The van der Waals surface area contributed by atoms with E-state index >= 15 is 0 Å². The maximum absolute atomic E-state index is 5.28. The van der Waals surface area contributed by atoms with Crippen LogP contribution in [-0.2, 0) is 5.75 Å². The Morgan fingerprint density at radius 3 is 2.71 bits per heavy atom. The van der Waals surface area contributed by atoms with Crippen molar-refractivity contribution < 1.29 is 4.74 Å². The predicted molar refractivity (Wildman–Crippen MR) is 99.7 cm³/mol. The Kier molecular flexibility index (Phi) is 5.61. The summed E-state index contributed by atoms with van der Waals surface area (Å²) in [6.45, 7) is 6.81. The number of hydrogen-bond donors (Lipinski definition) is 0. The Hall–Kier alpha value is -1.75. The van der Waals surface area contributed by atoms with Gasteiger partial charge in [-0.2, -0.15) is 0 Å². The standard InChI is InChI=1S/C19H25N3OS/c1-14-7-15(2)11-22(10-14)18-9-19(21-13-20-18)24-12-16-5-4-6-17(8-16)23-3/h4-6,8-9,13-15H,7,10-12H2,1-3H3.